The Labute approximate surface area is 97.4 Å². The molecule has 0 saturated carbocycles. The van der Waals surface area contributed by atoms with Crippen LogP contribution >= 0.6 is 0 Å². The minimum absolute atomic E-state index is 0.640. The Bertz CT molecular complexity index is 345. The maximum absolute atomic E-state index is 5.74. The van der Waals surface area contributed by atoms with Gasteiger partial charge in [-0.3, -0.25) is 9.58 Å². The molecule has 2 heterocycles. The highest BCUT2D eigenvalue weighted by Gasteiger charge is 2.19. The van der Waals surface area contributed by atoms with Crippen LogP contribution in [0.5, 0.6) is 0 Å². The molecule has 1 aliphatic heterocycles. The van der Waals surface area contributed by atoms with Crippen molar-refractivity contribution in [2.45, 2.75) is 52.2 Å². The second-order valence-electron chi connectivity index (χ2n) is 4.69. The first-order chi connectivity index (χ1) is 7.70. The van der Waals surface area contributed by atoms with Gasteiger partial charge >= 0.3 is 0 Å². The number of anilines is 1. The summed E-state index contributed by atoms with van der Waals surface area (Å²) in [7, 11) is 0. The summed E-state index contributed by atoms with van der Waals surface area (Å²) in [6, 6.07) is 2.69. The Hall–Kier alpha value is -1.03. The van der Waals surface area contributed by atoms with Gasteiger partial charge in [0, 0.05) is 25.2 Å². The number of nitrogens with zero attached hydrogens (tertiary/aromatic N) is 3. The van der Waals surface area contributed by atoms with E-state index in [0.29, 0.717) is 11.9 Å². The summed E-state index contributed by atoms with van der Waals surface area (Å²) in [5.41, 5.74) is 6.99. The number of aromatic nitrogens is 2. The third-order valence-electron chi connectivity index (χ3n) is 3.49. The molecule has 1 atom stereocenters. The number of rotatable bonds is 3. The van der Waals surface area contributed by atoms with Gasteiger partial charge in [-0.25, -0.2) is 0 Å². The molecule has 1 unspecified atom stereocenters. The Balaban J connectivity index is 2.06. The molecule has 0 radical (unpaired) electrons. The smallest absolute Gasteiger partial charge is 0.145 e. The maximum Gasteiger partial charge on any atom is 0.145 e. The van der Waals surface area contributed by atoms with Crippen molar-refractivity contribution in [3.05, 3.63) is 11.8 Å². The molecule has 2 rings (SSSR count). The number of hydrogen-bond acceptors (Lipinski definition) is 3. The molecule has 0 aromatic carbocycles. The van der Waals surface area contributed by atoms with Crippen LogP contribution in [0.1, 0.15) is 38.8 Å². The highest BCUT2D eigenvalue weighted by Crippen LogP contribution is 2.19. The number of hydrogen-bond donors (Lipinski definition) is 1. The molecule has 4 nitrogen and oxygen atoms in total. The lowest BCUT2D eigenvalue weighted by Gasteiger charge is -2.33. The zero-order valence-corrected chi connectivity index (χ0v) is 10.3. The Morgan fingerprint density at radius 1 is 1.50 bits per heavy atom. The van der Waals surface area contributed by atoms with Gasteiger partial charge in [0.15, 0.2) is 0 Å². The molecule has 0 aliphatic carbocycles. The van der Waals surface area contributed by atoms with Crippen molar-refractivity contribution in [2.24, 2.45) is 0 Å². The molecule has 90 valence electrons. The average Bonchev–Trinajstić information content (AvgIpc) is 2.62. The zero-order chi connectivity index (χ0) is 11.5. The van der Waals surface area contributed by atoms with E-state index in [1.54, 1.807) is 0 Å². The van der Waals surface area contributed by atoms with Crippen LogP contribution in [0.2, 0.25) is 0 Å². The van der Waals surface area contributed by atoms with Crippen molar-refractivity contribution in [1.82, 2.24) is 14.7 Å². The summed E-state index contributed by atoms with van der Waals surface area (Å²) in [5, 5.41) is 4.29. The Kier molecular flexibility index (Phi) is 3.49. The predicted molar refractivity (Wildman–Crippen MR) is 66.0 cm³/mol. The monoisotopic (exact) mass is 222 g/mol. The lowest BCUT2D eigenvalue weighted by molar-refractivity contribution is 0.148. The second-order valence-corrected chi connectivity index (χ2v) is 4.69. The molecule has 1 fully saturated rings. The van der Waals surface area contributed by atoms with E-state index >= 15 is 0 Å². The summed E-state index contributed by atoms with van der Waals surface area (Å²) in [5.74, 6) is 0.640. The van der Waals surface area contributed by atoms with Crippen molar-refractivity contribution >= 4 is 5.82 Å². The fraction of sp³-hybridized carbons (Fsp3) is 0.750. The number of nitrogen functional groups attached to an aromatic ring is 1. The van der Waals surface area contributed by atoms with Crippen molar-refractivity contribution in [1.29, 1.82) is 0 Å². The topological polar surface area (TPSA) is 47.1 Å². The molecular formula is C12H22N4. The van der Waals surface area contributed by atoms with E-state index in [0.717, 1.165) is 13.1 Å². The van der Waals surface area contributed by atoms with Gasteiger partial charge in [-0.2, -0.15) is 5.10 Å². The summed E-state index contributed by atoms with van der Waals surface area (Å²) >= 11 is 0. The van der Waals surface area contributed by atoms with Gasteiger partial charge in [0.2, 0.25) is 0 Å². The lowest BCUT2D eigenvalue weighted by atomic mass is 10.0. The number of aryl methyl sites for hydroxylation is 1. The van der Waals surface area contributed by atoms with Gasteiger partial charge in [0.25, 0.3) is 0 Å². The molecule has 2 N–H and O–H groups in total. The van der Waals surface area contributed by atoms with E-state index < -0.39 is 0 Å². The maximum atomic E-state index is 5.74. The number of piperidine rings is 1. The summed E-state index contributed by atoms with van der Waals surface area (Å²) in [6.45, 7) is 7.51. The standard InChI is InChI=1S/C12H22N4/c1-3-16-11(8-12(13)14-16)9-15-7-5-4-6-10(15)2/h8,10H,3-7,9H2,1-2H3,(H2,13,14). The summed E-state index contributed by atoms with van der Waals surface area (Å²) < 4.78 is 2.01. The molecule has 0 spiro atoms. The summed E-state index contributed by atoms with van der Waals surface area (Å²) in [4.78, 5) is 2.53. The minimum Gasteiger partial charge on any atom is -0.382 e. The average molecular weight is 222 g/mol. The molecule has 4 heteroatoms. The first kappa shape index (κ1) is 11.5. The van der Waals surface area contributed by atoms with Crippen molar-refractivity contribution in [2.75, 3.05) is 12.3 Å². The first-order valence-corrected chi connectivity index (χ1v) is 6.27. The summed E-state index contributed by atoms with van der Waals surface area (Å²) in [6.07, 6.45) is 4.00. The third-order valence-corrected chi connectivity index (χ3v) is 3.49. The van der Waals surface area contributed by atoms with Gasteiger partial charge in [0.1, 0.15) is 5.82 Å². The van der Waals surface area contributed by atoms with Crippen LogP contribution in [0.4, 0.5) is 5.82 Å². The lowest BCUT2D eigenvalue weighted by Crippen LogP contribution is -2.37. The van der Waals surface area contributed by atoms with Crippen molar-refractivity contribution in [3.63, 3.8) is 0 Å². The van der Waals surface area contributed by atoms with Crippen LogP contribution in [0.3, 0.4) is 0 Å². The number of nitrogens with two attached hydrogens (primary N) is 1. The van der Waals surface area contributed by atoms with E-state index in [-0.39, 0.29) is 0 Å². The van der Waals surface area contributed by atoms with Crippen molar-refractivity contribution in [3.8, 4) is 0 Å². The predicted octanol–water partition coefficient (Wildman–Crippen LogP) is 1.86. The van der Waals surface area contributed by atoms with Gasteiger partial charge in [0.05, 0.1) is 5.69 Å². The molecule has 1 aromatic rings. The Morgan fingerprint density at radius 3 is 3.00 bits per heavy atom. The molecule has 0 bridgehead atoms. The van der Waals surface area contributed by atoms with E-state index in [4.69, 9.17) is 5.73 Å². The molecule has 1 saturated heterocycles. The van der Waals surface area contributed by atoms with Crippen LogP contribution in [-0.2, 0) is 13.1 Å². The molecule has 1 aliphatic rings. The van der Waals surface area contributed by atoms with Gasteiger partial charge < -0.3 is 5.73 Å². The fourth-order valence-corrected chi connectivity index (χ4v) is 2.48. The highest BCUT2D eigenvalue weighted by atomic mass is 15.3. The highest BCUT2D eigenvalue weighted by molar-refractivity contribution is 5.29. The zero-order valence-electron chi connectivity index (χ0n) is 10.3. The van der Waals surface area contributed by atoms with Gasteiger partial charge in [-0.1, -0.05) is 6.42 Å². The van der Waals surface area contributed by atoms with E-state index in [1.165, 1.54) is 31.5 Å². The number of likely N-dealkylation sites (tertiary alicyclic amines) is 1. The normalized spacial score (nSPS) is 22.5. The van der Waals surface area contributed by atoms with Crippen LogP contribution < -0.4 is 5.73 Å². The van der Waals surface area contributed by atoms with E-state index in [9.17, 15) is 0 Å². The van der Waals surface area contributed by atoms with E-state index in [2.05, 4.69) is 23.8 Å². The molecule has 0 amide bonds. The van der Waals surface area contributed by atoms with E-state index in [1.807, 2.05) is 10.7 Å². The largest absolute Gasteiger partial charge is 0.382 e. The quantitative estimate of drug-likeness (QED) is 0.849. The van der Waals surface area contributed by atoms with Crippen LogP contribution in [0, 0.1) is 0 Å². The van der Waals surface area contributed by atoms with Crippen molar-refractivity contribution < 1.29 is 0 Å². The second kappa shape index (κ2) is 4.87. The van der Waals surface area contributed by atoms with Crippen LogP contribution in [-0.4, -0.2) is 27.3 Å². The van der Waals surface area contributed by atoms with Gasteiger partial charge in [-0.15, -0.1) is 0 Å². The Morgan fingerprint density at radius 2 is 2.31 bits per heavy atom. The molecule has 1 aromatic heterocycles. The fourth-order valence-electron chi connectivity index (χ4n) is 2.48. The van der Waals surface area contributed by atoms with Gasteiger partial charge in [-0.05, 0) is 33.2 Å². The van der Waals surface area contributed by atoms with Crippen LogP contribution in [0.25, 0.3) is 0 Å². The van der Waals surface area contributed by atoms with Crippen LogP contribution in [0.15, 0.2) is 6.07 Å². The SMILES string of the molecule is CCn1nc(N)cc1CN1CCCCC1C. The molecule has 16 heavy (non-hydrogen) atoms. The third kappa shape index (κ3) is 2.38. The molecular weight excluding hydrogens is 200 g/mol. The first-order valence-electron chi connectivity index (χ1n) is 6.27. The minimum atomic E-state index is 0.640.